The van der Waals surface area contributed by atoms with Crippen molar-refractivity contribution in [2.75, 3.05) is 38.1 Å². The van der Waals surface area contributed by atoms with Gasteiger partial charge >= 0.3 is 0 Å². The highest BCUT2D eigenvalue weighted by atomic mass is 127. The third-order valence-corrected chi connectivity index (χ3v) is 8.72. The lowest BCUT2D eigenvalue weighted by Crippen LogP contribution is -2.28. The maximum atomic E-state index is 12.1. The van der Waals surface area contributed by atoms with Crippen molar-refractivity contribution in [3.8, 4) is 0 Å². The number of azo groups is 1. The summed E-state index contributed by atoms with van der Waals surface area (Å²) in [6, 6.07) is 23.8. The van der Waals surface area contributed by atoms with Crippen LogP contribution in [0.3, 0.4) is 0 Å². The third-order valence-electron chi connectivity index (χ3n) is 7.85. The molecule has 50 heavy (non-hydrogen) atoms. The number of allylic oxidation sites excluding steroid dienone is 3. The van der Waals surface area contributed by atoms with Crippen molar-refractivity contribution in [3.63, 3.8) is 0 Å². The molecule has 12 nitrogen and oxygen atoms in total. The Kier molecular flexibility index (Phi) is 13.4. The highest BCUT2D eigenvalue weighted by Crippen LogP contribution is 2.29. The second-order valence-electron chi connectivity index (χ2n) is 11.3. The molecule has 0 saturated carbocycles. The molecule has 4 aromatic rings. The van der Waals surface area contributed by atoms with E-state index in [1.165, 1.54) is 6.33 Å². The molecule has 3 aromatic carbocycles. The van der Waals surface area contributed by atoms with Crippen molar-refractivity contribution < 1.29 is 4.79 Å². The molecule has 0 fully saturated rings. The number of aryl methyl sites for hydroxylation is 1. The van der Waals surface area contributed by atoms with Crippen LogP contribution in [0.4, 0.5) is 28.4 Å². The van der Waals surface area contributed by atoms with E-state index in [0.29, 0.717) is 25.2 Å². The van der Waals surface area contributed by atoms with Gasteiger partial charge in [0.15, 0.2) is 12.2 Å². The van der Waals surface area contributed by atoms with E-state index in [9.17, 15) is 4.79 Å². The molecule has 1 amide bonds. The Labute approximate surface area is 306 Å². The van der Waals surface area contributed by atoms with E-state index in [1.54, 1.807) is 0 Å². The van der Waals surface area contributed by atoms with Crippen LogP contribution in [0.25, 0.3) is 0 Å². The molecule has 0 atom stereocenters. The van der Waals surface area contributed by atoms with Gasteiger partial charge in [-0.05, 0) is 116 Å². The molecule has 0 radical (unpaired) electrons. The predicted octanol–water partition coefficient (Wildman–Crippen LogP) is 7.50. The SMILES string of the molecule is CCN(CC)C1=CC(=Nc2ccccc2)C(=Nc2ccc(N=Nc3ccc(N(C)CCCNC(=O)CCc4nncnn4)cc3)cc2I)C=C1. The first-order chi connectivity index (χ1) is 24.4. The lowest BCUT2D eigenvalue weighted by Gasteiger charge is -2.24. The number of hydrogen-bond donors (Lipinski definition) is 1. The molecule has 0 aliphatic heterocycles. The van der Waals surface area contributed by atoms with Crippen LogP contribution in [0.1, 0.15) is 32.5 Å². The topological polar surface area (TPSA) is 137 Å². The zero-order valence-electron chi connectivity index (χ0n) is 28.4. The van der Waals surface area contributed by atoms with Crippen LogP contribution in [0.5, 0.6) is 0 Å². The summed E-state index contributed by atoms with van der Waals surface area (Å²) in [5.41, 5.74) is 7.03. The molecule has 1 aromatic heterocycles. The monoisotopic (exact) mass is 781 g/mol. The van der Waals surface area contributed by atoms with Crippen molar-refractivity contribution in [1.29, 1.82) is 0 Å². The smallest absolute Gasteiger partial charge is 0.220 e. The van der Waals surface area contributed by atoms with Gasteiger partial charge in [0.05, 0.1) is 34.2 Å². The lowest BCUT2D eigenvalue weighted by molar-refractivity contribution is -0.121. The van der Waals surface area contributed by atoms with Crippen LogP contribution in [0.2, 0.25) is 0 Å². The summed E-state index contributed by atoms with van der Waals surface area (Å²) in [5.74, 6) is 0.417. The van der Waals surface area contributed by atoms with Gasteiger partial charge in [0.2, 0.25) is 5.91 Å². The summed E-state index contributed by atoms with van der Waals surface area (Å²) < 4.78 is 0.963. The van der Waals surface area contributed by atoms with E-state index in [4.69, 9.17) is 9.98 Å². The van der Waals surface area contributed by atoms with E-state index < -0.39 is 0 Å². The van der Waals surface area contributed by atoms with Gasteiger partial charge in [-0.1, -0.05) is 18.2 Å². The number of hydrogen-bond acceptors (Lipinski definition) is 11. The molecule has 13 heteroatoms. The van der Waals surface area contributed by atoms with Gasteiger partial charge in [0.25, 0.3) is 0 Å². The minimum Gasteiger partial charge on any atom is -0.375 e. The van der Waals surface area contributed by atoms with Crippen LogP contribution in [0, 0.1) is 3.57 Å². The normalized spacial score (nSPS) is 14.3. The maximum Gasteiger partial charge on any atom is 0.220 e. The molecule has 0 unspecified atom stereocenters. The minimum absolute atomic E-state index is 0.0434. The zero-order chi connectivity index (χ0) is 35.1. The Hall–Kier alpha value is -5.18. The number of likely N-dealkylation sites (N-methyl/N-ethyl adjacent to an activating group) is 1. The molecule has 5 rings (SSSR count). The quantitative estimate of drug-likeness (QED) is 0.0571. The molecule has 0 bridgehead atoms. The molecule has 1 aliphatic carbocycles. The minimum atomic E-state index is -0.0434. The van der Waals surface area contributed by atoms with Gasteiger partial charge in [-0.15, -0.1) is 20.4 Å². The highest BCUT2D eigenvalue weighted by molar-refractivity contribution is 14.1. The Morgan fingerprint density at radius 1 is 0.840 bits per heavy atom. The van der Waals surface area contributed by atoms with Gasteiger partial charge < -0.3 is 15.1 Å². The fraction of sp³-hybridized carbons (Fsp3) is 0.270. The van der Waals surface area contributed by atoms with Gasteiger partial charge in [0, 0.05) is 61.0 Å². The molecule has 0 saturated heterocycles. The lowest BCUT2D eigenvalue weighted by atomic mass is 10.1. The highest BCUT2D eigenvalue weighted by Gasteiger charge is 2.15. The van der Waals surface area contributed by atoms with E-state index in [0.717, 1.165) is 75.2 Å². The first-order valence-electron chi connectivity index (χ1n) is 16.6. The summed E-state index contributed by atoms with van der Waals surface area (Å²) >= 11 is 2.29. The molecule has 1 aliphatic rings. The number of nitrogens with zero attached hydrogens (tertiary/aromatic N) is 10. The first kappa shape index (κ1) is 36.1. The van der Waals surface area contributed by atoms with Crippen LogP contribution < -0.4 is 10.2 Å². The third kappa shape index (κ3) is 10.7. The summed E-state index contributed by atoms with van der Waals surface area (Å²) in [7, 11) is 2.03. The number of carbonyl (C=O) groups excluding carboxylic acids is 1. The molecule has 1 heterocycles. The average Bonchev–Trinajstić information content (AvgIpc) is 3.15. The van der Waals surface area contributed by atoms with Crippen molar-refractivity contribution >= 4 is 68.4 Å². The Bertz CT molecular complexity index is 1870. The number of rotatable bonds is 15. The van der Waals surface area contributed by atoms with E-state index in [-0.39, 0.29) is 5.91 Å². The average molecular weight is 782 g/mol. The summed E-state index contributed by atoms with van der Waals surface area (Å²) in [4.78, 5) is 26.5. The van der Waals surface area contributed by atoms with Crippen LogP contribution in [0.15, 0.2) is 123 Å². The Morgan fingerprint density at radius 2 is 1.56 bits per heavy atom. The second kappa shape index (κ2) is 18.5. The van der Waals surface area contributed by atoms with Gasteiger partial charge in [-0.2, -0.15) is 10.2 Å². The number of aromatic nitrogens is 4. The second-order valence-corrected chi connectivity index (χ2v) is 12.5. The Morgan fingerprint density at radius 3 is 2.28 bits per heavy atom. The van der Waals surface area contributed by atoms with Crippen molar-refractivity contribution in [3.05, 3.63) is 112 Å². The standard InChI is InChI=1S/C37H40IN11O/c1-4-49(5-2)31-17-19-34(35(25-31)42-27-10-7-6-8-11-27)43-33-18-14-29(24-32(33)38)45-44-28-12-15-30(16-13-28)48(3)23-9-22-39-37(50)21-20-36-46-40-26-41-47-36/h6-8,10-19,24-26H,4-5,9,20-23H2,1-3H3,(H,39,50). The molecule has 256 valence electrons. The number of para-hydroxylation sites is 1. The van der Waals surface area contributed by atoms with Gasteiger partial charge in [-0.3, -0.25) is 4.79 Å². The van der Waals surface area contributed by atoms with Crippen molar-refractivity contribution in [2.45, 2.75) is 33.1 Å². The van der Waals surface area contributed by atoms with Crippen LogP contribution in [-0.2, 0) is 11.2 Å². The summed E-state index contributed by atoms with van der Waals surface area (Å²) in [6.07, 6.45) is 9.05. The summed E-state index contributed by atoms with van der Waals surface area (Å²) in [5, 5.41) is 26.9. The molecule has 1 N–H and O–H groups in total. The number of halogens is 1. The number of nitrogens with one attached hydrogen (secondary N) is 1. The number of carbonyl (C=O) groups is 1. The number of aliphatic imine (C=N–C) groups is 2. The van der Waals surface area contributed by atoms with Crippen LogP contribution in [-0.4, -0.2) is 75.9 Å². The van der Waals surface area contributed by atoms with E-state index in [1.807, 2.05) is 85.9 Å². The maximum absolute atomic E-state index is 12.1. The molecular formula is C37H40IN11O. The van der Waals surface area contributed by atoms with Crippen molar-refractivity contribution in [2.24, 2.45) is 20.2 Å². The Balaban J connectivity index is 1.16. The number of amides is 1. The molecule has 0 spiro atoms. The van der Waals surface area contributed by atoms with E-state index in [2.05, 4.69) is 94.3 Å². The zero-order valence-corrected chi connectivity index (χ0v) is 30.6. The van der Waals surface area contributed by atoms with Crippen molar-refractivity contribution in [1.82, 2.24) is 30.6 Å². The number of benzene rings is 3. The van der Waals surface area contributed by atoms with Gasteiger partial charge in [-0.25, -0.2) is 9.98 Å². The fourth-order valence-corrected chi connectivity index (χ4v) is 5.73. The van der Waals surface area contributed by atoms with Gasteiger partial charge in [0.1, 0.15) is 0 Å². The number of anilines is 1. The summed E-state index contributed by atoms with van der Waals surface area (Å²) in [6.45, 7) is 7.51. The fourth-order valence-electron chi connectivity index (χ4n) is 5.11. The largest absolute Gasteiger partial charge is 0.375 e. The predicted molar refractivity (Wildman–Crippen MR) is 207 cm³/mol. The first-order valence-corrected chi connectivity index (χ1v) is 17.7. The molecular weight excluding hydrogens is 741 g/mol. The van der Waals surface area contributed by atoms with E-state index >= 15 is 0 Å². The van der Waals surface area contributed by atoms with Crippen LogP contribution >= 0.6 is 22.6 Å².